The molecule has 2 unspecified atom stereocenters. The van der Waals surface area contributed by atoms with Gasteiger partial charge in [0.15, 0.2) is 17.6 Å². The molecular weight excluding hydrogens is 408 g/mol. The molecule has 9 nitrogen and oxygen atoms in total. The van der Waals surface area contributed by atoms with Crippen molar-refractivity contribution in [3.05, 3.63) is 53.7 Å². The molecule has 5 rings (SSSR count). The van der Waals surface area contributed by atoms with Crippen molar-refractivity contribution in [1.29, 1.82) is 0 Å². The molecule has 3 aromatic heterocycles. The van der Waals surface area contributed by atoms with Crippen LogP contribution in [0.15, 0.2) is 36.9 Å². The van der Waals surface area contributed by atoms with Crippen molar-refractivity contribution in [3.63, 3.8) is 0 Å². The Morgan fingerprint density at radius 3 is 2.94 bits per heavy atom. The summed E-state index contributed by atoms with van der Waals surface area (Å²) in [6.07, 6.45) is 4.37. The summed E-state index contributed by atoms with van der Waals surface area (Å²) in [6, 6.07) is 7.54. The van der Waals surface area contributed by atoms with Crippen LogP contribution in [-0.4, -0.2) is 42.9 Å². The number of para-hydroxylation sites is 1. The maximum Gasteiger partial charge on any atom is 0.339 e. The number of anilines is 1. The zero-order valence-electron chi connectivity index (χ0n) is 17.8. The number of hydrogen-bond donors (Lipinski definition) is 2. The van der Waals surface area contributed by atoms with E-state index in [0.717, 1.165) is 41.4 Å². The van der Waals surface area contributed by atoms with E-state index >= 15 is 0 Å². The monoisotopic (exact) mass is 430 g/mol. The largest absolute Gasteiger partial charge is 0.449 e. The number of amides is 1. The van der Waals surface area contributed by atoms with Gasteiger partial charge in [-0.2, -0.15) is 0 Å². The number of carbonyl (C=O) groups is 2. The molecule has 0 saturated carbocycles. The lowest BCUT2D eigenvalue weighted by atomic mass is 9.84. The average molecular weight is 430 g/mol. The fraction of sp³-hybridized carbons (Fsp3) is 0.304. The molecule has 0 spiro atoms. The lowest BCUT2D eigenvalue weighted by Gasteiger charge is -2.24. The van der Waals surface area contributed by atoms with Gasteiger partial charge < -0.3 is 15.0 Å². The molecule has 0 saturated heterocycles. The molecule has 3 heterocycles. The minimum Gasteiger partial charge on any atom is -0.449 e. The lowest BCUT2D eigenvalue weighted by Crippen LogP contribution is -2.31. The average Bonchev–Trinajstić information content (AvgIpc) is 3.27. The first kappa shape index (κ1) is 20.0. The summed E-state index contributed by atoms with van der Waals surface area (Å²) < 4.78 is 5.63. The fourth-order valence-electron chi connectivity index (χ4n) is 4.15. The molecule has 9 heteroatoms. The second-order valence-electron chi connectivity index (χ2n) is 8.14. The number of rotatable bonds is 4. The van der Waals surface area contributed by atoms with E-state index in [4.69, 9.17) is 9.72 Å². The van der Waals surface area contributed by atoms with Gasteiger partial charge in [0, 0.05) is 11.1 Å². The number of aromatic nitrogens is 5. The number of ether oxygens (including phenoxy) is 1. The number of pyridine rings is 1. The number of esters is 1. The van der Waals surface area contributed by atoms with E-state index in [1.165, 1.54) is 19.6 Å². The Labute approximate surface area is 183 Å². The molecule has 32 heavy (non-hydrogen) atoms. The van der Waals surface area contributed by atoms with Crippen molar-refractivity contribution >= 4 is 39.8 Å². The van der Waals surface area contributed by atoms with Crippen LogP contribution in [0.5, 0.6) is 0 Å². The summed E-state index contributed by atoms with van der Waals surface area (Å²) in [6.45, 7) is 3.71. The first-order chi connectivity index (χ1) is 15.5. The molecule has 2 N–H and O–H groups in total. The molecule has 0 bridgehead atoms. The van der Waals surface area contributed by atoms with Crippen LogP contribution < -0.4 is 5.32 Å². The molecule has 162 valence electrons. The van der Waals surface area contributed by atoms with E-state index in [2.05, 4.69) is 32.2 Å². The highest BCUT2D eigenvalue weighted by molar-refractivity contribution is 6.06. The predicted octanol–water partition coefficient (Wildman–Crippen LogP) is 3.21. The highest BCUT2D eigenvalue weighted by atomic mass is 16.5. The Hall–Kier alpha value is -3.88. The zero-order chi connectivity index (χ0) is 22.2. The number of aryl methyl sites for hydroxylation is 1. The van der Waals surface area contributed by atoms with E-state index in [9.17, 15) is 9.59 Å². The summed E-state index contributed by atoms with van der Waals surface area (Å²) in [7, 11) is 0. The van der Waals surface area contributed by atoms with Crippen LogP contribution in [0.4, 0.5) is 5.82 Å². The van der Waals surface area contributed by atoms with Gasteiger partial charge in [0.25, 0.3) is 5.91 Å². The number of H-pyrrole nitrogens is 1. The van der Waals surface area contributed by atoms with Gasteiger partial charge in [0.05, 0.1) is 17.4 Å². The van der Waals surface area contributed by atoms with Crippen molar-refractivity contribution in [2.75, 3.05) is 5.32 Å². The Morgan fingerprint density at radius 2 is 2.06 bits per heavy atom. The summed E-state index contributed by atoms with van der Waals surface area (Å²) in [5.41, 5.74) is 4.07. The second-order valence-corrected chi connectivity index (χ2v) is 8.14. The van der Waals surface area contributed by atoms with Gasteiger partial charge in [0.2, 0.25) is 0 Å². The van der Waals surface area contributed by atoms with Crippen molar-refractivity contribution in [3.8, 4) is 0 Å². The van der Waals surface area contributed by atoms with E-state index in [1.807, 2.05) is 24.3 Å². The molecule has 2 atom stereocenters. The molecule has 0 radical (unpaired) electrons. The minimum atomic E-state index is -1.03. The fourth-order valence-corrected chi connectivity index (χ4v) is 4.15. The normalized spacial score (nSPS) is 16.5. The quantitative estimate of drug-likeness (QED) is 0.477. The third kappa shape index (κ3) is 3.55. The van der Waals surface area contributed by atoms with Crippen LogP contribution in [0.1, 0.15) is 41.9 Å². The number of fused-ring (bicyclic) bond motifs is 3. The van der Waals surface area contributed by atoms with Gasteiger partial charge in [0.1, 0.15) is 11.8 Å². The van der Waals surface area contributed by atoms with Crippen LogP contribution in [-0.2, 0) is 22.4 Å². The number of benzene rings is 1. The number of imidazole rings is 1. The Morgan fingerprint density at radius 1 is 1.22 bits per heavy atom. The van der Waals surface area contributed by atoms with E-state index < -0.39 is 18.0 Å². The Kier molecular flexibility index (Phi) is 5.01. The van der Waals surface area contributed by atoms with E-state index in [-0.39, 0.29) is 5.82 Å². The van der Waals surface area contributed by atoms with Crippen molar-refractivity contribution in [2.24, 2.45) is 5.92 Å². The number of hydrogen-bond acceptors (Lipinski definition) is 7. The highest BCUT2D eigenvalue weighted by Crippen LogP contribution is 2.32. The first-order valence-electron chi connectivity index (χ1n) is 10.6. The topological polar surface area (TPSA) is 123 Å². The van der Waals surface area contributed by atoms with Crippen molar-refractivity contribution < 1.29 is 14.3 Å². The Balaban J connectivity index is 1.43. The van der Waals surface area contributed by atoms with Crippen molar-refractivity contribution in [2.45, 2.75) is 39.2 Å². The molecule has 0 fully saturated rings. The molecule has 1 aliphatic carbocycles. The number of nitrogens with one attached hydrogen (secondary N) is 2. The number of carbonyl (C=O) groups excluding carboxylic acids is 2. The van der Waals surface area contributed by atoms with Gasteiger partial charge in [-0.15, -0.1) is 0 Å². The molecule has 1 aromatic carbocycles. The third-order valence-electron chi connectivity index (χ3n) is 5.83. The van der Waals surface area contributed by atoms with Gasteiger partial charge >= 0.3 is 5.97 Å². The first-order valence-corrected chi connectivity index (χ1v) is 10.6. The molecule has 1 amide bonds. The minimum absolute atomic E-state index is 0.279. The third-order valence-corrected chi connectivity index (χ3v) is 5.83. The lowest BCUT2D eigenvalue weighted by molar-refractivity contribution is -0.123. The molecule has 1 aliphatic rings. The van der Waals surface area contributed by atoms with Crippen LogP contribution in [0, 0.1) is 5.92 Å². The van der Waals surface area contributed by atoms with Gasteiger partial charge in [-0.25, -0.2) is 19.7 Å². The maximum absolute atomic E-state index is 13.3. The highest BCUT2D eigenvalue weighted by Gasteiger charge is 2.28. The molecule has 4 aromatic rings. The second kappa shape index (κ2) is 7.99. The van der Waals surface area contributed by atoms with E-state index in [1.54, 1.807) is 0 Å². The molecule has 0 aliphatic heterocycles. The summed E-state index contributed by atoms with van der Waals surface area (Å²) in [5.74, 6) is -0.284. The van der Waals surface area contributed by atoms with Crippen LogP contribution in [0.2, 0.25) is 0 Å². The maximum atomic E-state index is 13.3. The number of aromatic amines is 1. The summed E-state index contributed by atoms with van der Waals surface area (Å²) in [5, 5.41) is 3.43. The predicted molar refractivity (Wildman–Crippen MR) is 118 cm³/mol. The molecular formula is C23H22N6O3. The van der Waals surface area contributed by atoms with Crippen molar-refractivity contribution in [1.82, 2.24) is 24.9 Å². The van der Waals surface area contributed by atoms with Gasteiger partial charge in [-0.1, -0.05) is 25.1 Å². The van der Waals surface area contributed by atoms with Crippen LogP contribution >= 0.6 is 0 Å². The van der Waals surface area contributed by atoms with Gasteiger partial charge in [-0.3, -0.25) is 9.78 Å². The number of nitrogens with zero attached hydrogens (tertiary/aromatic N) is 4. The van der Waals surface area contributed by atoms with Crippen LogP contribution in [0.25, 0.3) is 22.1 Å². The zero-order valence-corrected chi connectivity index (χ0v) is 17.8. The Bertz CT molecular complexity index is 1350. The standard InChI is InChI=1S/C23H22N6O3/c1-12-7-8-17-15(9-12)18(14-5-3-4-6-16(14)28-17)23(31)32-13(2)22(30)29-21-19-20(25-10-24-19)26-11-27-21/h3-6,10-13H,7-9H2,1-2H3,(H2,24,25,26,27,29,30). The van der Waals surface area contributed by atoms with E-state index in [0.29, 0.717) is 22.6 Å². The summed E-state index contributed by atoms with van der Waals surface area (Å²) in [4.78, 5) is 45.9. The SMILES string of the molecule is CC1CCc2nc3ccccc3c(C(=O)OC(C)C(=O)Nc3ncnc4nc[nH]c34)c2C1. The smallest absolute Gasteiger partial charge is 0.339 e. The van der Waals surface area contributed by atoms with Crippen LogP contribution in [0.3, 0.4) is 0 Å². The summed E-state index contributed by atoms with van der Waals surface area (Å²) >= 11 is 0. The van der Waals surface area contributed by atoms with Gasteiger partial charge in [-0.05, 0) is 43.7 Å².